The molecule has 1 aromatic heterocycles. The van der Waals surface area contributed by atoms with E-state index in [0.717, 1.165) is 23.3 Å². The van der Waals surface area contributed by atoms with E-state index in [2.05, 4.69) is 4.98 Å². The molecule has 0 fully saturated rings. The van der Waals surface area contributed by atoms with Crippen molar-refractivity contribution < 1.29 is 14.6 Å². The lowest BCUT2D eigenvalue weighted by Gasteiger charge is -2.12. The molecule has 0 saturated carbocycles. The van der Waals surface area contributed by atoms with Gasteiger partial charge < -0.3 is 24.9 Å². The smallest absolute Gasteiger partial charge is 0.163 e. The fraction of sp³-hybridized carbons (Fsp3) is 0.500. The summed E-state index contributed by atoms with van der Waals surface area (Å²) in [5.74, 6) is 2.04. The van der Waals surface area contributed by atoms with Crippen molar-refractivity contribution in [3.63, 3.8) is 0 Å². The summed E-state index contributed by atoms with van der Waals surface area (Å²) in [6, 6.07) is 3.53. The number of nitrogens with zero attached hydrogens (tertiary/aromatic N) is 2. The van der Waals surface area contributed by atoms with Crippen LogP contribution in [0.5, 0.6) is 11.5 Å². The lowest BCUT2D eigenvalue weighted by Crippen LogP contribution is -2.17. The highest BCUT2D eigenvalue weighted by Gasteiger charge is 2.18. The molecule has 1 aromatic carbocycles. The van der Waals surface area contributed by atoms with Crippen LogP contribution >= 0.6 is 0 Å². The van der Waals surface area contributed by atoms with Crippen LogP contribution in [0.4, 0.5) is 0 Å². The highest BCUT2D eigenvalue weighted by atomic mass is 16.5. The zero-order valence-electron chi connectivity index (χ0n) is 12.1. The summed E-state index contributed by atoms with van der Waals surface area (Å²) in [4.78, 5) is 4.58. The van der Waals surface area contributed by atoms with Gasteiger partial charge in [-0.2, -0.15) is 0 Å². The van der Waals surface area contributed by atoms with Crippen molar-refractivity contribution in [3.8, 4) is 11.5 Å². The van der Waals surface area contributed by atoms with Crippen LogP contribution in [0.25, 0.3) is 11.0 Å². The van der Waals surface area contributed by atoms with Crippen molar-refractivity contribution in [2.24, 2.45) is 5.73 Å². The second-order valence-electron chi connectivity index (χ2n) is 4.56. The molecule has 0 amide bonds. The summed E-state index contributed by atoms with van der Waals surface area (Å²) in [6.45, 7) is 2.49. The summed E-state index contributed by atoms with van der Waals surface area (Å²) in [5, 5.41) is 9.26. The van der Waals surface area contributed by atoms with Crippen LogP contribution in [0.15, 0.2) is 12.1 Å². The van der Waals surface area contributed by atoms with Crippen molar-refractivity contribution in [1.29, 1.82) is 0 Å². The Kier molecular flexibility index (Phi) is 4.46. The van der Waals surface area contributed by atoms with Gasteiger partial charge in [0.05, 0.1) is 37.9 Å². The van der Waals surface area contributed by atoms with Crippen LogP contribution in [-0.2, 0) is 6.54 Å². The molecule has 0 aliphatic carbocycles. The van der Waals surface area contributed by atoms with Crippen LogP contribution in [0.3, 0.4) is 0 Å². The van der Waals surface area contributed by atoms with Crippen molar-refractivity contribution in [2.45, 2.75) is 25.9 Å². The third-order valence-corrected chi connectivity index (χ3v) is 3.38. The van der Waals surface area contributed by atoms with E-state index in [1.54, 1.807) is 14.2 Å². The first-order chi connectivity index (χ1) is 9.65. The SMILES string of the molecule is CCC(N)c1nc2cc(OC)c(OC)cc2n1CCO. The molecule has 0 aliphatic heterocycles. The summed E-state index contributed by atoms with van der Waals surface area (Å²) < 4.78 is 12.5. The predicted molar refractivity (Wildman–Crippen MR) is 77.1 cm³/mol. The van der Waals surface area contributed by atoms with Crippen LogP contribution in [-0.4, -0.2) is 35.5 Å². The number of aromatic nitrogens is 2. The summed E-state index contributed by atoms with van der Waals surface area (Å²) in [7, 11) is 3.18. The van der Waals surface area contributed by atoms with E-state index in [9.17, 15) is 5.11 Å². The molecule has 1 heterocycles. The zero-order chi connectivity index (χ0) is 14.7. The molecule has 1 atom stereocenters. The second-order valence-corrected chi connectivity index (χ2v) is 4.56. The van der Waals surface area contributed by atoms with Gasteiger partial charge in [-0.25, -0.2) is 4.98 Å². The average molecular weight is 279 g/mol. The maximum Gasteiger partial charge on any atom is 0.163 e. The van der Waals surface area contributed by atoms with Crippen LogP contribution < -0.4 is 15.2 Å². The fourth-order valence-corrected chi connectivity index (χ4v) is 2.27. The molecule has 2 aromatic rings. The Morgan fingerprint density at radius 2 is 1.95 bits per heavy atom. The molecule has 20 heavy (non-hydrogen) atoms. The van der Waals surface area contributed by atoms with Gasteiger partial charge in [0.15, 0.2) is 11.5 Å². The molecule has 110 valence electrons. The first-order valence-corrected chi connectivity index (χ1v) is 6.64. The summed E-state index contributed by atoms with van der Waals surface area (Å²) >= 11 is 0. The molecule has 0 bridgehead atoms. The number of hydrogen-bond donors (Lipinski definition) is 2. The molecule has 1 unspecified atom stereocenters. The van der Waals surface area contributed by atoms with Gasteiger partial charge in [-0.1, -0.05) is 6.92 Å². The highest BCUT2D eigenvalue weighted by Crippen LogP contribution is 2.33. The van der Waals surface area contributed by atoms with Crippen LogP contribution in [0, 0.1) is 0 Å². The molecule has 0 aliphatic rings. The lowest BCUT2D eigenvalue weighted by molar-refractivity contribution is 0.275. The Morgan fingerprint density at radius 1 is 1.30 bits per heavy atom. The number of ether oxygens (including phenoxy) is 2. The van der Waals surface area contributed by atoms with Gasteiger partial charge >= 0.3 is 0 Å². The Hall–Kier alpha value is -1.79. The Balaban J connectivity index is 2.67. The first-order valence-electron chi connectivity index (χ1n) is 6.64. The normalized spacial score (nSPS) is 12.7. The number of nitrogens with two attached hydrogens (primary N) is 1. The molecular formula is C14H21N3O3. The van der Waals surface area contributed by atoms with Crippen molar-refractivity contribution in [2.75, 3.05) is 20.8 Å². The maximum atomic E-state index is 9.26. The number of rotatable bonds is 6. The molecule has 0 radical (unpaired) electrons. The van der Waals surface area contributed by atoms with E-state index >= 15 is 0 Å². The molecule has 0 spiro atoms. The summed E-state index contributed by atoms with van der Waals surface area (Å²) in [5.41, 5.74) is 7.77. The fourth-order valence-electron chi connectivity index (χ4n) is 2.27. The van der Waals surface area contributed by atoms with E-state index in [-0.39, 0.29) is 12.6 Å². The Labute approximate surface area is 118 Å². The van der Waals surface area contributed by atoms with Gasteiger partial charge in [-0.05, 0) is 6.42 Å². The zero-order valence-corrected chi connectivity index (χ0v) is 12.1. The van der Waals surface area contributed by atoms with E-state index in [1.165, 1.54) is 0 Å². The minimum atomic E-state index is -0.161. The number of aliphatic hydroxyl groups is 1. The number of benzene rings is 1. The number of imidazole rings is 1. The minimum absolute atomic E-state index is 0.0310. The number of fused-ring (bicyclic) bond motifs is 1. The molecule has 6 heteroatoms. The van der Waals surface area contributed by atoms with Crippen molar-refractivity contribution in [3.05, 3.63) is 18.0 Å². The summed E-state index contributed by atoms with van der Waals surface area (Å²) in [6.07, 6.45) is 0.781. The maximum absolute atomic E-state index is 9.26. The van der Waals surface area contributed by atoms with E-state index in [0.29, 0.717) is 18.0 Å². The van der Waals surface area contributed by atoms with Gasteiger partial charge in [0, 0.05) is 18.7 Å². The Morgan fingerprint density at radius 3 is 2.50 bits per heavy atom. The van der Waals surface area contributed by atoms with E-state index in [4.69, 9.17) is 15.2 Å². The average Bonchev–Trinajstić information content (AvgIpc) is 2.83. The quantitative estimate of drug-likeness (QED) is 0.836. The van der Waals surface area contributed by atoms with Gasteiger partial charge in [-0.3, -0.25) is 0 Å². The topological polar surface area (TPSA) is 82.5 Å². The number of aliphatic hydroxyl groups excluding tert-OH is 1. The van der Waals surface area contributed by atoms with Crippen molar-refractivity contribution >= 4 is 11.0 Å². The predicted octanol–water partition coefficient (Wildman–Crippen LogP) is 1.46. The van der Waals surface area contributed by atoms with Gasteiger partial charge in [0.25, 0.3) is 0 Å². The Bertz CT molecular complexity index is 595. The third-order valence-electron chi connectivity index (χ3n) is 3.38. The van der Waals surface area contributed by atoms with Crippen LogP contribution in [0.1, 0.15) is 25.2 Å². The molecule has 3 N–H and O–H groups in total. The van der Waals surface area contributed by atoms with Gasteiger partial charge in [0.1, 0.15) is 5.82 Å². The molecule has 0 saturated heterocycles. The van der Waals surface area contributed by atoms with Gasteiger partial charge in [0.2, 0.25) is 0 Å². The molecule has 2 rings (SSSR count). The molecular weight excluding hydrogens is 258 g/mol. The number of methoxy groups -OCH3 is 2. The third kappa shape index (κ3) is 2.44. The van der Waals surface area contributed by atoms with E-state index < -0.39 is 0 Å². The first kappa shape index (κ1) is 14.6. The lowest BCUT2D eigenvalue weighted by atomic mass is 10.2. The van der Waals surface area contributed by atoms with Crippen molar-refractivity contribution in [1.82, 2.24) is 9.55 Å². The second kappa shape index (κ2) is 6.11. The monoisotopic (exact) mass is 279 g/mol. The largest absolute Gasteiger partial charge is 0.493 e. The standard InChI is InChI=1S/C14H21N3O3/c1-4-9(15)14-16-10-7-12(19-2)13(20-3)8-11(10)17(14)5-6-18/h7-9,18H,4-6,15H2,1-3H3. The van der Waals surface area contributed by atoms with Crippen LogP contribution in [0.2, 0.25) is 0 Å². The highest BCUT2D eigenvalue weighted by molar-refractivity contribution is 5.80. The number of hydrogen-bond acceptors (Lipinski definition) is 5. The van der Waals surface area contributed by atoms with E-state index in [1.807, 2.05) is 23.6 Å². The minimum Gasteiger partial charge on any atom is -0.493 e. The van der Waals surface area contributed by atoms with Gasteiger partial charge in [-0.15, -0.1) is 0 Å². The molecule has 6 nitrogen and oxygen atoms in total.